The maximum atomic E-state index is 6.01. The number of aromatic nitrogens is 3. The lowest BCUT2D eigenvalue weighted by molar-refractivity contribution is 0.957. The topological polar surface area (TPSA) is 56.7 Å². The third-order valence-electron chi connectivity index (χ3n) is 2.94. The van der Waals surface area contributed by atoms with E-state index >= 15 is 0 Å². The first-order valence-electron chi connectivity index (χ1n) is 5.48. The zero-order valence-corrected chi connectivity index (χ0v) is 10.5. The Bertz CT molecular complexity index is 733. The van der Waals surface area contributed by atoms with Crippen LogP contribution in [0, 0.1) is 0 Å². The molecule has 3 aromatic rings. The monoisotopic (exact) mass is 258 g/mol. The third-order valence-corrected chi connectivity index (χ3v) is 3.17. The lowest BCUT2D eigenvalue weighted by Gasteiger charge is -2.06. The van der Waals surface area contributed by atoms with Crippen LogP contribution in [0.5, 0.6) is 0 Å². The van der Waals surface area contributed by atoms with Crippen molar-refractivity contribution in [1.82, 2.24) is 14.5 Å². The molecular weight excluding hydrogens is 248 g/mol. The van der Waals surface area contributed by atoms with Gasteiger partial charge in [-0.05, 0) is 24.3 Å². The molecule has 5 heteroatoms. The fourth-order valence-corrected chi connectivity index (χ4v) is 2.17. The van der Waals surface area contributed by atoms with Crippen LogP contribution in [0.1, 0.15) is 0 Å². The molecule has 18 heavy (non-hydrogen) atoms. The molecule has 0 aliphatic carbocycles. The molecule has 90 valence electrons. The molecular formula is C13H11ClN4. The maximum Gasteiger partial charge on any atom is 0.143 e. The molecule has 0 spiro atoms. The predicted molar refractivity (Wildman–Crippen MR) is 73.4 cm³/mol. The first kappa shape index (κ1) is 11.0. The van der Waals surface area contributed by atoms with Gasteiger partial charge in [-0.15, -0.1) is 0 Å². The maximum absolute atomic E-state index is 6.01. The molecule has 0 aliphatic heterocycles. The number of nitrogens with zero attached hydrogens (tertiary/aromatic N) is 3. The molecule has 2 aromatic heterocycles. The molecule has 2 N–H and O–H groups in total. The molecule has 2 heterocycles. The van der Waals surface area contributed by atoms with E-state index < -0.39 is 0 Å². The fourth-order valence-electron chi connectivity index (χ4n) is 2.00. The molecule has 0 saturated carbocycles. The number of benzene rings is 1. The standard InChI is InChI=1S/C13H11ClN4/c1-18-12-7-16-5-4-11(12)17-13(18)9-6-8(14)2-3-10(9)15/h2-7H,15H2,1H3. The highest BCUT2D eigenvalue weighted by Crippen LogP contribution is 2.29. The minimum Gasteiger partial charge on any atom is -0.398 e. The number of anilines is 1. The van der Waals surface area contributed by atoms with Crippen molar-refractivity contribution in [2.75, 3.05) is 5.73 Å². The number of pyridine rings is 1. The Balaban J connectivity index is 2.31. The van der Waals surface area contributed by atoms with Crippen LogP contribution in [0.15, 0.2) is 36.7 Å². The highest BCUT2D eigenvalue weighted by Gasteiger charge is 2.12. The number of imidazole rings is 1. The summed E-state index contributed by atoms with van der Waals surface area (Å²) in [5, 5.41) is 0.643. The van der Waals surface area contributed by atoms with Crippen LogP contribution in [-0.4, -0.2) is 14.5 Å². The zero-order valence-electron chi connectivity index (χ0n) is 9.76. The van der Waals surface area contributed by atoms with E-state index in [1.165, 1.54) is 0 Å². The second-order valence-electron chi connectivity index (χ2n) is 4.09. The van der Waals surface area contributed by atoms with E-state index in [0.29, 0.717) is 10.7 Å². The summed E-state index contributed by atoms with van der Waals surface area (Å²) in [5.74, 6) is 0.790. The van der Waals surface area contributed by atoms with Crippen molar-refractivity contribution in [3.8, 4) is 11.4 Å². The van der Waals surface area contributed by atoms with E-state index in [-0.39, 0.29) is 0 Å². The highest BCUT2D eigenvalue weighted by atomic mass is 35.5. The lowest BCUT2D eigenvalue weighted by Crippen LogP contribution is -1.96. The van der Waals surface area contributed by atoms with Crippen LogP contribution in [0.4, 0.5) is 5.69 Å². The van der Waals surface area contributed by atoms with E-state index in [0.717, 1.165) is 22.4 Å². The number of nitrogen functional groups attached to an aromatic ring is 1. The largest absolute Gasteiger partial charge is 0.398 e. The molecule has 1 aromatic carbocycles. The molecule has 0 bridgehead atoms. The Morgan fingerprint density at radius 2 is 2.11 bits per heavy atom. The second-order valence-corrected chi connectivity index (χ2v) is 4.53. The molecule has 3 rings (SSSR count). The molecule has 0 amide bonds. The van der Waals surface area contributed by atoms with Crippen molar-refractivity contribution in [3.05, 3.63) is 41.7 Å². The fraction of sp³-hybridized carbons (Fsp3) is 0.0769. The van der Waals surface area contributed by atoms with Crippen molar-refractivity contribution in [2.45, 2.75) is 0 Å². The van der Waals surface area contributed by atoms with Gasteiger partial charge < -0.3 is 10.3 Å². The van der Waals surface area contributed by atoms with Gasteiger partial charge in [-0.2, -0.15) is 0 Å². The summed E-state index contributed by atoms with van der Waals surface area (Å²) in [6.45, 7) is 0. The number of hydrogen-bond acceptors (Lipinski definition) is 3. The zero-order chi connectivity index (χ0) is 12.7. The summed E-state index contributed by atoms with van der Waals surface area (Å²) in [7, 11) is 1.94. The number of fused-ring (bicyclic) bond motifs is 1. The molecule has 0 saturated heterocycles. The first-order chi connectivity index (χ1) is 8.66. The summed E-state index contributed by atoms with van der Waals surface area (Å²) in [6, 6.07) is 7.25. The van der Waals surface area contributed by atoms with Crippen LogP contribution >= 0.6 is 11.6 Å². The van der Waals surface area contributed by atoms with Gasteiger partial charge in [0.05, 0.1) is 17.2 Å². The number of rotatable bonds is 1. The van der Waals surface area contributed by atoms with Gasteiger partial charge in [0.25, 0.3) is 0 Å². The van der Waals surface area contributed by atoms with Crippen molar-refractivity contribution in [2.24, 2.45) is 7.05 Å². The van der Waals surface area contributed by atoms with E-state index in [9.17, 15) is 0 Å². The first-order valence-corrected chi connectivity index (χ1v) is 5.86. The van der Waals surface area contributed by atoms with Crippen molar-refractivity contribution < 1.29 is 0 Å². The summed E-state index contributed by atoms with van der Waals surface area (Å²) in [4.78, 5) is 8.67. The minimum absolute atomic E-state index is 0.643. The van der Waals surface area contributed by atoms with Gasteiger partial charge in [0.1, 0.15) is 5.82 Å². The van der Waals surface area contributed by atoms with E-state index in [2.05, 4.69) is 9.97 Å². The summed E-state index contributed by atoms with van der Waals surface area (Å²) in [5.41, 5.74) is 9.33. The van der Waals surface area contributed by atoms with Crippen molar-refractivity contribution in [3.63, 3.8) is 0 Å². The molecule has 0 radical (unpaired) electrons. The van der Waals surface area contributed by atoms with Gasteiger partial charge in [0.2, 0.25) is 0 Å². The van der Waals surface area contributed by atoms with Crippen LogP contribution < -0.4 is 5.73 Å². The third kappa shape index (κ3) is 1.62. The molecule has 0 atom stereocenters. The van der Waals surface area contributed by atoms with Crippen molar-refractivity contribution >= 4 is 28.3 Å². The number of aryl methyl sites for hydroxylation is 1. The quantitative estimate of drug-likeness (QED) is 0.683. The molecule has 4 nitrogen and oxygen atoms in total. The Morgan fingerprint density at radius 3 is 2.89 bits per heavy atom. The number of hydrogen-bond donors (Lipinski definition) is 1. The van der Waals surface area contributed by atoms with Gasteiger partial charge in [-0.25, -0.2) is 4.98 Å². The van der Waals surface area contributed by atoms with E-state index in [4.69, 9.17) is 17.3 Å². The molecule has 0 unspecified atom stereocenters. The van der Waals surface area contributed by atoms with Gasteiger partial charge in [-0.3, -0.25) is 4.98 Å². The average Bonchev–Trinajstić information content (AvgIpc) is 2.71. The van der Waals surface area contributed by atoms with Crippen LogP contribution in [0.25, 0.3) is 22.4 Å². The van der Waals surface area contributed by atoms with Crippen molar-refractivity contribution in [1.29, 1.82) is 0 Å². The van der Waals surface area contributed by atoms with Gasteiger partial charge in [0.15, 0.2) is 0 Å². The number of halogens is 1. The van der Waals surface area contributed by atoms with Gasteiger partial charge >= 0.3 is 0 Å². The molecule has 0 fully saturated rings. The Hall–Kier alpha value is -2.07. The normalized spacial score (nSPS) is 11.0. The smallest absolute Gasteiger partial charge is 0.143 e. The summed E-state index contributed by atoms with van der Waals surface area (Å²) < 4.78 is 1.96. The Morgan fingerprint density at radius 1 is 1.28 bits per heavy atom. The van der Waals surface area contributed by atoms with Crippen LogP contribution in [-0.2, 0) is 7.05 Å². The Labute approximate surface area is 109 Å². The van der Waals surface area contributed by atoms with Gasteiger partial charge in [0, 0.05) is 29.5 Å². The van der Waals surface area contributed by atoms with Crippen LogP contribution in [0.2, 0.25) is 5.02 Å². The summed E-state index contributed by atoms with van der Waals surface area (Å²) >= 11 is 6.01. The predicted octanol–water partition coefficient (Wildman–Crippen LogP) is 2.87. The SMILES string of the molecule is Cn1c(-c2cc(Cl)ccc2N)nc2ccncc21. The minimum atomic E-state index is 0.643. The second kappa shape index (κ2) is 3.99. The summed E-state index contributed by atoms with van der Waals surface area (Å²) in [6.07, 6.45) is 3.51. The lowest BCUT2D eigenvalue weighted by atomic mass is 10.1. The van der Waals surface area contributed by atoms with Gasteiger partial charge in [-0.1, -0.05) is 11.6 Å². The number of nitrogens with two attached hydrogens (primary N) is 1. The Kier molecular flexibility index (Phi) is 2.45. The van der Waals surface area contributed by atoms with E-state index in [1.54, 1.807) is 24.5 Å². The highest BCUT2D eigenvalue weighted by molar-refractivity contribution is 6.31. The van der Waals surface area contributed by atoms with E-state index in [1.807, 2.05) is 23.7 Å². The average molecular weight is 259 g/mol. The van der Waals surface area contributed by atoms with Crippen LogP contribution in [0.3, 0.4) is 0 Å². The molecule has 0 aliphatic rings.